The van der Waals surface area contributed by atoms with Crippen molar-refractivity contribution >= 4 is 22.9 Å². The monoisotopic (exact) mass is 288 g/mol. The second-order valence-corrected chi connectivity index (χ2v) is 5.19. The third kappa shape index (κ3) is 3.44. The Balaban J connectivity index is 2.13. The number of halogens is 1. The van der Waals surface area contributed by atoms with Gasteiger partial charge in [0.1, 0.15) is 5.82 Å². The minimum Gasteiger partial charge on any atom is -0.320 e. The lowest BCUT2D eigenvalue weighted by atomic mass is 10.2. The quantitative estimate of drug-likeness (QED) is 0.835. The van der Waals surface area contributed by atoms with Gasteiger partial charge in [-0.25, -0.2) is 4.39 Å². The van der Waals surface area contributed by atoms with E-state index in [0.29, 0.717) is 4.88 Å². The number of thiophene rings is 1. The van der Waals surface area contributed by atoms with E-state index in [1.165, 1.54) is 17.4 Å². The first-order valence-electron chi connectivity index (χ1n) is 5.96. The number of anilines is 1. The van der Waals surface area contributed by atoms with E-state index < -0.39 is 5.82 Å². The molecule has 0 saturated carbocycles. The minimum absolute atomic E-state index is 0.170. The van der Waals surface area contributed by atoms with Crippen molar-refractivity contribution in [1.82, 2.24) is 0 Å². The Morgan fingerprint density at radius 2 is 2.20 bits per heavy atom. The van der Waals surface area contributed by atoms with Gasteiger partial charge in [-0.2, -0.15) is 0 Å². The van der Waals surface area contributed by atoms with Gasteiger partial charge >= 0.3 is 0 Å². The van der Waals surface area contributed by atoms with E-state index in [-0.39, 0.29) is 18.1 Å². The van der Waals surface area contributed by atoms with Crippen LogP contribution < -0.4 is 11.1 Å². The zero-order valence-corrected chi connectivity index (χ0v) is 11.7. The SMILES string of the molecule is Cc1ccc(NC(=O)c2ccc(C#CCN)s2)c(F)c1. The molecule has 0 aliphatic heterocycles. The molecule has 1 aromatic heterocycles. The zero-order valence-electron chi connectivity index (χ0n) is 10.9. The van der Waals surface area contributed by atoms with Crippen molar-refractivity contribution in [2.75, 3.05) is 11.9 Å². The molecule has 1 heterocycles. The average Bonchev–Trinajstić information content (AvgIpc) is 2.88. The Kier molecular flexibility index (Phi) is 4.51. The second-order valence-electron chi connectivity index (χ2n) is 4.11. The topological polar surface area (TPSA) is 55.1 Å². The fraction of sp³-hybridized carbons (Fsp3) is 0.133. The van der Waals surface area contributed by atoms with E-state index in [1.54, 1.807) is 31.2 Å². The van der Waals surface area contributed by atoms with Crippen LogP contribution in [0.2, 0.25) is 0 Å². The normalized spacial score (nSPS) is 9.75. The molecule has 0 radical (unpaired) electrons. The first kappa shape index (κ1) is 14.3. The number of aryl methyl sites for hydroxylation is 1. The summed E-state index contributed by atoms with van der Waals surface area (Å²) in [4.78, 5) is 13.2. The maximum atomic E-state index is 13.7. The van der Waals surface area contributed by atoms with Gasteiger partial charge in [0.2, 0.25) is 0 Å². The molecule has 0 saturated heterocycles. The van der Waals surface area contributed by atoms with Crippen LogP contribution in [0.25, 0.3) is 0 Å². The smallest absolute Gasteiger partial charge is 0.265 e. The number of rotatable bonds is 2. The van der Waals surface area contributed by atoms with Crippen molar-refractivity contribution in [1.29, 1.82) is 0 Å². The summed E-state index contributed by atoms with van der Waals surface area (Å²) in [5.41, 5.74) is 6.26. The number of amides is 1. The first-order chi connectivity index (χ1) is 9.60. The zero-order chi connectivity index (χ0) is 14.5. The van der Waals surface area contributed by atoms with Crippen molar-refractivity contribution in [3.05, 3.63) is 51.5 Å². The van der Waals surface area contributed by atoms with Gasteiger partial charge in [-0.05, 0) is 36.8 Å². The predicted molar refractivity (Wildman–Crippen MR) is 79.3 cm³/mol. The summed E-state index contributed by atoms with van der Waals surface area (Å²) in [5.74, 6) is 4.78. The lowest BCUT2D eigenvalue weighted by Gasteiger charge is -2.05. The van der Waals surface area contributed by atoms with Crippen LogP contribution >= 0.6 is 11.3 Å². The molecule has 0 unspecified atom stereocenters. The van der Waals surface area contributed by atoms with Gasteiger partial charge in [-0.1, -0.05) is 17.9 Å². The van der Waals surface area contributed by atoms with Gasteiger partial charge in [-0.15, -0.1) is 11.3 Å². The van der Waals surface area contributed by atoms with Crippen molar-refractivity contribution in [3.8, 4) is 11.8 Å². The summed E-state index contributed by atoms with van der Waals surface area (Å²) in [7, 11) is 0. The Bertz CT molecular complexity index is 697. The molecule has 2 rings (SSSR count). The molecule has 0 fully saturated rings. The highest BCUT2D eigenvalue weighted by Gasteiger charge is 2.11. The number of carbonyl (C=O) groups excluding carboxylic acids is 1. The number of nitrogens with two attached hydrogens (primary N) is 1. The van der Waals surface area contributed by atoms with Crippen LogP contribution in [0.1, 0.15) is 20.1 Å². The largest absolute Gasteiger partial charge is 0.320 e. The van der Waals surface area contributed by atoms with E-state index >= 15 is 0 Å². The highest BCUT2D eigenvalue weighted by atomic mass is 32.1. The number of benzene rings is 1. The molecule has 2 aromatic rings. The Hall–Kier alpha value is -2.16. The van der Waals surface area contributed by atoms with Crippen molar-refractivity contribution < 1.29 is 9.18 Å². The van der Waals surface area contributed by atoms with E-state index in [0.717, 1.165) is 10.4 Å². The minimum atomic E-state index is -0.446. The summed E-state index contributed by atoms with van der Waals surface area (Å²) < 4.78 is 13.7. The third-order valence-corrected chi connectivity index (χ3v) is 3.52. The Morgan fingerprint density at radius 3 is 2.90 bits per heavy atom. The maximum Gasteiger partial charge on any atom is 0.265 e. The van der Waals surface area contributed by atoms with Gasteiger partial charge in [-0.3, -0.25) is 4.79 Å². The fourth-order valence-electron chi connectivity index (χ4n) is 1.57. The number of hydrogen-bond acceptors (Lipinski definition) is 3. The van der Waals surface area contributed by atoms with Crippen molar-refractivity contribution in [2.45, 2.75) is 6.92 Å². The van der Waals surface area contributed by atoms with Crippen LogP contribution in [-0.4, -0.2) is 12.5 Å². The predicted octanol–water partition coefficient (Wildman–Crippen LogP) is 2.76. The summed E-state index contributed by atoms with van der Waals surface area (Å²) >= 11 is 1.25. The second kappa shape index (κ2) is 6.33. The molecule has 1 amide bonds. The van der Waals surface area contributed by atoms with Gasteiger partial charge < -0.3 is 11.1 Å². The summed E-state index contributed by atoms with van der Waals surface area (Å²) in [6, 6.07) is 8.07. The number of nitrogens with one attached hydrogen (secondary N) is 1. The van der Waals surface area contributed by atoms with E-state index in [4.69, 9.17) is 5.73 Å². The standard InChI is InChI=1S/C15H13FN2OS/c1-10-4-6-13(12(16)9-10)18-15(19)14-7-5-11(20-14)3-2-8-17/h4-7,9H,8,17H2,1H3,(H,18,19). The van der Waals surface area contributed by atoms with Crippen LogP contribution in [0.4, 0.5) is 10.1 Å². The lowest BCUT2D eigenvalue weighted by Crippen LogP contribution is -2.11. The number of carbonyl (C=O) groups is 1. The molecule has 0 spiro atoms. The highest BCUT2D eigenvalue weighted by Crippen LogP contribution is 2.20. The molecule has 102 valence electrons. The van der Waals surface area contributed by atoms with Crippen molar-refractivity contribution in [3.63, 3.8) is 0 Å². The fourth-order valence-corrected chi connectivity index (χ4v) is 2.35. The van der Waals surface area contributed by atoms with Crippen LogP contribution in [0.3, 0.4) is 0 Å². The Morgan fingerprint density at radius 1 is 1.40 bits per heavy atom. The molecule has 0 bridgehead atoms. The molecule has 3 nitrogen and oxygen atoms in total. The van der Waals surface area contributed by atoms with Gasteiger partial charge in [0.15, 0.2) is 0 Å². The molecular formula is C15H13FN2OS. The lowest BCUT2D eigenvalue weighted by molar-refractivity contribution is 0.103. The van der Waals surface area contributed by atoms with Crippen LogP contribution in [0, 0.1) is 24.6 Å². The van der Waals surface area contributed by atoms with Crippen LogP contribution in [0.15, 0.2) is 30.3 Å². The molecule has 5 heteroatoms. The van der Waals surface area contributed by atoms with E-state index in [2.05, 4.69) is 17.2 Å². The summed E-state index contributed by atoms with van der Waals surface area (Å²) in [5, 5.41) is 2.55. The molecule has 3 N–H and O–H groups in total. The van der Waals surface area contributed by atoms with E-state index in [1.807, 2.05) is 0 Å². The van der Waals surface area contributed by atoms with E-state index in [9.17, 15) is 9.18 Å². The van der Waals surface area contributed by atoms with Gasteiger partial charge in [0, 0.05) is 0 Å². The Labute approximate surface area is 120 Å². The first-order valence-corrected chi connectivity index (χ1v) is 6.78. The molecule has 1 aromatic carbocycles. The summed E-state index contributed by atoms with van der Waals surface area (Å²) in [6.07, 6.45) is 0. The number of hydrogen-bond donors (Lipinski definition) is 2. The molecular weight excluding hydrogens is 275 g/mol. The summed E-state index contributed by atoms with van der Waals surface area (Å²) in [6.45, 7) is 2.06. The molecule has 0 atom stereocenters. The molecule has 0 aliphatic carbocycles. The molecule has 20 heavy (non-hydrogen) atoms. The average molecular weight is 288 g/mol. The van der Waals surface area contributed by atoms with Gasteiger partial charge in [0.25, 0.3) is 5.91 Å². The van der Waals surface area contributed by atoms with Crippen molar-refractivity contribution in [2.24, 2.45) is 5.73 Å². The highest BCUT2D eigenvalue weighted by molar-refractivity contribution is 7.14. The van der Waals surface area contributed by atoms with Crippen LogP contribution in [0.5, 0.6) is 0 Å². The third-order valence-electron chi connectivity index (χ3n) is 2.52. The van der Waals surface area contributed by atoms with Gasteiger partial charge in [0.05, 0.1) is 22.0 Å². The maximum absolute atomic E-state index is 13.7. The van der Waals surface area contributed by atoms with Crippen LogP contribution in [-0.2, 0) is 0 Å². The molecule has 0 aliphatic rings.